The van der Waals surface area contributed by atoms with Gasteiger partial charge >= 0.3 is 0 Å². The van der Waals surface area contributed by atoms with Gasteiger partial charge in [0.1, 0.15) is 0 Å². The Morgan fingerprint density at radius 1 is 1.14 bits per heavy atom. The van der Waals surface area contributed by atoms with E-state index in [1.165, 1.54) is 45.1 Å². The van der Waals surface area contributed by atoms with E-state index in [9.17, 15) is 4.79 Å². The van der Waals surface area contributed by atoms with Gasteiger partial charge in [-0.05, 0) is 56.0 Å². The molecule has 2 aliphatic rings. The molecule has 2 fully saturated rings. The van der Waals surface area contributed by atoms with Crippen LogP contribution in [0.15, 0.2) is 24.3 Å². The first kappa shape index (κ1) is 15.3. The zero-order valence-corrected chi connectivity index (χ0v) is 13.3. The Kier molecular flexibility index (Phi) is 4.98. The summed E-state index contributed by atoms with van der Waals surface area (Å²) in [5.41, 5.74) is 7.03. The van der Waals surface area contributed by atoms with E-state index in [1.807, 2.05) is 0 Å². The van der Waals surface area contributed by atoms with Crippen molar-refractivity contribution in [1.29, 1.82) is 0 Å². The van der Waals surface area contributed by atoms with E-state index in [1.54, 1.807) is 24.3 Å². The summed E-state index contributed by atoms with van der Waals surface area (Å²) in [6, 6.07) is 7.91. The van der Waals surface area contributed by atoms with E-state index < -0.39 is 0 Å². The summed E-state index contributed by atoms with van der Waals surface area (Å²) in [7, 11) is 0. The van der Waals surface area contributed by atoms with Crippen molar-refractivity contribution in [2.45, 2.75) is 44.6 Å². The molecule has 4 nitrogen and oxygen atoms in total. The molecule has 0 spiro atoms. The average Bonchev–Trinajstić information content (AvgIpc) is 3.03. The van der Waals surface area contributed by atoms with Crippen molar-refractivity contribution in [2.75, 3.05) is 25.4 Å². The molecule has 1 aliphatic carbocycles. The zero-order chi connectivity index (χ0) is 15.4. The third-order valence-electron chi connectivity index (χ3n) is 5.13. The van der Waals surface area contributed by atoms with Gasteiger partial charge in [-0.1, -0.05) is 19.3 Å². The van der Waals surface area contributed by atoms with E-state index >= 15 is 0 Å². The van der Waals surface area contributed by atoms with Crippen molar-refractivity contribution in [3.05, 3.63) is 29.8 Å². The van der Waals surface area contributed by atoms with Crippen LogP contribution in [0.5, 0.6) is 0 Å². The highest BCUT2D eigenvalue weighted by molar-refractivity contribution is 5.94. The summed E-state index contributed by atoms with van der Waals surface area (Å²) in [4.78, 5) is 14.8. The lowest BCUT2D eigenvalue weighted by atomic mass is 9.94. The van der Waals surface area contributed by atoms with Gasteiger partial charge in [0.05, 0.1) is 0 Å². The molecule has 1 amide bonds. The van der Waals surface area contributed by atoms with Crippen LogP contribution in [0, 0.1) is 5.92 Å². The minimum Gasteiger partial charge on any atom is -0.399 e. The SMILES string of the molecule is Nc1ccc(C(=O)NCC2CCN(C3CCCCC3)C2)cc1. The standard InChI is InChI=1S/C18H27N3O/c19-16-8-6-15(7-9-16)18(22)20-12-14-10-11-21(13-14)17-4-2-1-3-5-17/h6-9,14,17H,1-5,10-13,19H2,(H,20,22). The number of benzene rings is 1. The van der Waals surface area contributed by atoms with Gasteiger partial charge in [0, 0.05) is 30.4 Å². The number of amides is 1. The maximum atomic E-state index is 12.1. The van der Waals surface area contributed by atoms with Gasteiger partial charge in [0.15, 0.2) is 0 Å². The lowest BCUT2D eigenvalue weighted by Gasteiger charge is -2.31. The van der Waals surface area contributed by atoms with Crippen LogP contribution in [-0.2, 0) is 0 Å². The van der Waals surface area contributed by atoms with E-state index in [0.717, 1.165) is 19.1 Å². The van der Waals surface area contributed by atoms with Crippen molar-refractivity contribution in [2.24, 2.45) is 5.92 Å². The first-order valence-corrected chi connectivity index (χ1v) is 8.60. The molecule has 1 saturated carbocycles. The van der Waals surface area contributed by atoms with Gasteiger partial charge in [-0.2, -0.15) is 0 Å². The number of nitrogen functional groups attached to an aromatic ring is 1. The minimum absolute atomic E-state index is 0.0103. The fourth-order valence-electron chi connectivity index (χ4n) is 3.78. The van der Waals surface area contributed by atoms with Crippen molar-refractivity contribution >= 4 is 11.6 Å². The zero-order valence-electron chi connectivity index (χ0n) is 13.3. The van der Waals surface area contributed by atoms with E-state index in [2.05, 4.69) is 10.2 Å². The third-order valence-corrected chi connectivity index (χ3v) is 5.13. The van der Waals surface area contributed by atoms with Crippen LogP contribution in [-0.4, -0.2) is 36.5 Å². The Balaban J connectivity index is 1.44. The summed E-state index contributed by atoms with van der Waals surface area (Å²) < 4.78 is 0. The molecule has 0 bridgehead atoms. The molecule has 4 heteroatoms. The number of nitrogens with one attached hydrogen (secondary N) is 1. The predicted molar refractivity (Wildman–Crippen MR) is 89.7 cm³/mol. The largest absolute Gasteiger partial charge is 0.399 e. The number of carbonyl (C=O) groups is 1. The summed E-state index contributed by atoms with van der Waals surface area (Å²) in [5.74, 6) is 0.607. The highest BCUT2D eigenvalue weighted by Crippen LogP contribution is 2.27. The molecule has 1 saturated heterocycles. The van der Waals surface area contributed by atoms with Crippen LogP contribution >= 0.6 is 0 Å². The van der Waals surface area contributed by atoms with Gasteiger partial charge in [0.25, 0.3) is 5.91 Å². The van der Waals surface area contributed by atoms with Crippen LogP contribution in [0.3, 0.4) is 0 Å². The van der Waals surface area contributed by atoms with Gasteiger partial charge < -0.3 is 16.0 Å². The Morgan fingerprint density at radius 3 is 2.59 bits per heavy atom. The first-order chi connectivity index (χ1) is 10.7. The second kappa shape index (κ2) is 7.14. The van der Waals surface area contributed by atoms with Gasteiger partial charge in [-0.25, -0.2) is 0 Å². The lowest BCUT2D eigenvalue weighted by molar-refractivity contribution is 0.0946. The Bertz CT molecular complexity index is 494. The minimum atomic E-state index is 0.0103. The van der Waals surface area contributed by atoms with Crippen LogP contribution in [0.1, 0.15) is 48.9 Å². The molecular formula is C18H27N3O. The van der Waals surface area contributed by atoms with Crippen LogP contribution in [0.25, 0.3) is 0 Å². The molecule has 0 aromatic heterocycles. The summed E-state index contributed by atoms with van der Waals surface area (Å²) in [6.45, 7) is 3.13. The number of carbonyl (C=O) groups excluding carboxylic acids is 1. The number of likely N-dealkylation sites (tertiary alicyclic amines) is 1. The fraction of sp³-hybridized carbons (Fsp3) is 0.611. The molecule has 3 N–H and O–H groups in total. The molecule has 1 unspecified atom stereocenters. The normalized spacial score (nSPS) is 23.5. The van der Waals surface area contributed by atoms with Crippen LogP contribution in [0.2, 0.25) is 0 Å². The first-order valence-electron chi connectivity index (χ1n) is 8.60. The third kappa shape index (κ3) is 3.80. The van der Waals surface area contributed by atoms with E-state index in [4.69, 9.17) is 5.73 Å². The fourth-order valence-corrected chi connectivity index (χ4v) is 3.78. The second-order valence-corrected chi connectivity index (χ2v) is 6.77. The maximum Gasteiger partial charge on any atom is 0.251 e. The molecule has 0 radical (unpaired) electrons. The van der Waals surface area contributed by atoms with Crippen LogP contribution < -0.4 is 11.1 Å². The Morgan fingerprint density at radius 2 is 1.86 bits per heavy atom. The number of nitrogens with zero attached hydrogens (tertiary/aromatic N) is 1. The molecule has 1 aromatic carbocycles. The molecule has 1 aromatic rings. The number of anilines is 1. The predicted octanol–water partition coefficient (Wildman–Crippen LogP) is 2.65. The average molecular weight is 301 g/mol. The quantitative estimate of drug-likeness (QED) is 0.841. The molecular weight excluding hydrogens is 274 g/mol. The number of nitrogens with two attached hydrogens (primary N) is 1. The van der Waals surface area contributed by atoms with E-state index in [0.29, 0.717) is 17.2 Å². The monoisotopic (exact) mass is 301 g/mol. The smallest absolute Gasteiger partial charge is 0.251 e. The Hall–Kier alpha value is -1.55. The van der Waals surface area contributed by atoms with Gasteiger partial charge in [-0.3, -0.25) is 4.79 Å². The maximum absolute atomic E-state index is 12.1. The highest BCUT2D eigenvalue weighted by Gasteiger charge is 2.29. The van der Waals surface area contributed by atoms with Crippen molar-refractivity contribution in [3.8, 4) is 0 Å². The Labute approximate surface area is 133 Å². The molecule has 22 heavy (non-hydrogen) atoms. The number of hydrogen-bond acceptors (Lipinski definition) is 3. The van der Waals surface area contributed by atoms with Crippen LogP contribution in [0.4, 0.5) is 5.69 Å². The van der Waals surface area contributed by atoms with Crippen molar-refractivity contribution in [1.82, 2.24) is 10.2 Å². The lowest BCUT2D eigenvalue weighted by Crippen LogP contribution is -2.36. The van der Waals surface area contributed by atoms with E-state index in [-0.39, 0.29) is 5.91 Å². The topological polar surface area (TPSA) is 58.4 Å². The van der Waals surface area contributed by atoms with Crippen molar-refractivity contribution in [3.63, 3.8) is 0 Å². The molecule has 1 aliphatic heterocycles. The highest BCUT2D eigenvalue weighted by atomic mass is 16.1. The molecule has 1 atom stereocenters. The number of hydrogen-bond donors (Lipinski definition) is 2. The van der Waals surface area contributed by atoms with Crippen molar-refractivity contribution < 1.29 is 4.79 Å². The summed E-state index contributed by atoms with van der Waals surface area (Å²) in [5, 5.41) is 3.08. The van der Waals surface area contributed by atoms with Gasteiger partial charge in [0.2, 0.25) is 0 Å². The molecule has 1 heterocycles. The summed E-state index contributed by atoms with van der Waals surface area (Å²) in [6.07, 6.45) is 8.12. The molecule has 3 rings (SSSR count). The molecule has 120 valence electrons. The number of rotatable bonds is 4. The summed E-state index contributed by atoms with van der Waals surface area (Å²) >= 11 is 0. The van der Waals surface area contributed by atoms with Gasteiger partial charge in [-0.15, -0.1) is 0 Å². The second-order valence-electron chi connectivity index (χ2n) is 6.77.